The maximum absolute atomic E-state index is 13.2. The molecule has 0 saturated heterocycles. The molecule has 0 saturated carbocycles. The van der Waals surface area contributed by atoms with Gasteiger partial charge in [0.25, 0.3) is 0 Å². The topological polar surface area (TPSA) is 95.0 Å². The van der Waals surface area contributed by atoms with Crippen molar-refractivity contribution in [2.24, 2.45) is 0 Å². The van der Waals surface area contributed by atoms with E-state index in [1.54, 1.807) is 25.1 Å². The lowest BCUT2D eigenvalue weighted by Gasteiger charge is -2.23. The van der Waals surface area contributed by atoms with E-state index in [0.29, 0.717) is 28.9 Å². The van der Waals surface area contributed by atoms with E-state index < -0.39 is 0 Å². The van der Waals surface area contributed by atoms with Crippen LogP contribution in [0, 0.1) is 12.7 Å². The molecule has 0 N–H and O–H groups in total. The molecule has 4 heterocycles. The van der Waals surface area contributed by atoms with Gasteiger partial charge in [0, 0.05) is 24.7 Å². The van der Waals surface area contributed by atoms with Crippen molar-refractivity contribution in [3.05, 3.63) is 59.4 Å². The van der Waals surface area contributed by atoms with E-state index in [4.69, 9.17) is 9.26 Å². The zero-order chi connectivity index (χ0) is 21.4. The highest BCUT2D eigenvalue weighted by molar-refractivity contribution is 5.63. The molecule has 1 aromatic carbocycles. The second kappa shape index (κ2) is 7.88. The highest BCUT2D eigenvalue weighted by atomic mass is 19.1. The van der Waals surface area contributed by atoms with Crippen LogP contribution in [0.25, 0.3) is 22.8 Å². The van der Waals surface area contributed by atoms with E-state index in [1.165, 1.54) is 12.1 Å². The number of ether oxygens (including phenoxy) is 1. The van der Waals surface area contributed by atoms with Crippen molar-refractivity contribution < 1.29 is 13.7 Å². The predicted octanol–water partition coefficient (Wildman–Crippen LogP) is 2.86. The summed E-state index contributed by atoms with van der Waals surface area (Å²) in [6.45, 7) is 4.51. The predicted molar refractivity (Wildman–Crippen MR) is 108 cm³/mol. The molecule has 0 aliphatic carbocycles. The second-order valence-corrected chi connectivity index (χ2v) is 7.45. The fraction of sp³-hybridized carbons (Fsp3) is 0.286. The van der Waals surface area contributed by atoms with Crippen LogP contribution in [0.15, 0.2) is 40.9 Å². The first-order valence-electron chi connectivity index (χ1n) is 9.87. The standard InChI is InChI=1S/C21H20FN7O2/c1-13-16(20(27-31-13)14-3-5-15(22)6-4-14)12-30-19-8-7-17(23-25-19)21-26-24-18-11-28(2)9-10-29(18)21/h3-8H,9-12H2,1-2H3. The Bertz CT molecular complexity index is 1200. The largest absolute Gasteiger partial charge is 0.472 e. The summed E-state index contributed by atoms with van der Waals surface area (Å²) in [6.07, 6.45) is 0. The molecule has 0 spiro atoms. The molecule has 0 amide bonds. The van der Waals surface area contributed by atoms with Gasteiger partial charge in [-0.15, -0.1) is 20.4 Å². The average Bonchev–Trinajstić information content (AvgIpc) is 3.36. The van der Waals surface area contributed by atoms with Gasteiger partial charge in [-0.25, -0.2) is 4.39 Å². The average molecular weight is 421 g/mol. The van der Waals surface area contributed by atoms with Crippen molar-refractivity contribution >= 4 is 0 Å². The van der Waals surface area contributed by atoms with Gasteiger partial charge in [0.1, 0.15) is 35.4 Å². The van der Waals surface area contributed by atoms with E-state index in [1.807, 2.05) is 6.07 Å². The number of benzene rings is 1. The Kier molecular flexibility index (Phi) is 4.91. The van der Waals surface area contributed by atoms with Crippen molar-refractivity contribution in [3.63, 3.8) is 0 Å². The molecule has 0 radical (unpaired) electrons. The van der Waals surface area contributed by atoms with Gasteiger partial charge in [-0.1, -0.05) is 5.16 Å². The van der Waals surface area contributed by atoms with Crippen LogP contribution in [0.1, 0.15) is 17.1 Å². The molecule has 3 aromatic heterocycles. The molecule has 10 heteroatoms. The lowest BCUT2D eigenvalue weighted by atomic mass is 10.1. The molecule has 5 rings (SSSR count). The van der Waals surface area contributed by atoms with E-state index in [-0.39, 0.29) is 12.4 Å². The van der Waals surface area contributed by atoms with Crippen LogP contribution in [0.5, 0.6) is 5.88 Å². The highest BCUT2D eigenvalue weighted by Crippen LogP contribution is 2.27. The monoisotopic (exact) mass is 421 g/mol. The summed E-state index contributed by atoms with van der Waals surface area (Å²) in [7, 11) is 2.06. The van der Waals surface area contributed by atoms with Gasteiger partial charge < -0.3 is 13.8 Å². The molecule has 4 aromatic rings. The lowest BCUT2D eigenvalue weighted by Crippen LogP contribution is -2.30. The Morgan fingerprint density at radius 3 is 2.65 bits per heavy atom. The molecule has 9 nitrogen and oxygen atoms in total. The number of likely N-dealkylation sites (N-methyl/N-ethyl adjacent to an activating group) is 1. The van der Waals surface area contributed by atoms with Gasteiger partial charge >= 0.3 is 0 Å². The summed E-state index contributed by atoms with van der Waals surface area (Å²) < 4.78 is 26.4. The van der Waals surface area contributed by atoms with Crippen LogP contribution in [-0.2, 0) is 19.7 Å². The summed E-state index contributed by atoms with van der Waals surface area (Å²) in [4.78, 5) is 2.20. The van der Waals surface area contributed by atoms with E-state index in [9.17, 15) is 4.39 Å². The van der Waals surface area contributed by atoms with Crippen LogP contribution in [0.3, 0.4) is 0 Å². The fourth-order valence-electron chi connectivity index (χ4n) is 3.53. The van der Waals surface area contributed by atoms with E-state index in [0.717, 1.165) is 36.6 Å². The number of hydrogen-bond acceptors (Lipinski definition) is 8. The second-order valence-electron chi connectivity index (χ2n) is 7.45. The number of aromatic nitrogens is 6. The minimum absolute atomic E-state index is 0.197. The third kappa shape index (κ3) is 3.77. The first-order chi connectivity index (χ1) is 15.1. The van der Waals surface area contributed by atoms with Crippen LogP contribution in [0.4, 0.5) is 4.39 Å². The van der Waals surface area contributed by atoms with Crippen molar-refractivity contribution in [1.82, 2.24) is 35.0 Å². The fourth-order valence-corrected chi connectivity index (χ4v) is 3.53. The smallest absolute Gasteiger partial charge is 0.233 e. The third-order valence-electron chi connectivity index (χ3n) is 5.28. The number of hydrogen-bond donors (Lipinski definition) is 0. The first-order valence-corrected chi connectivity index (χ1v) is 9.87. The Balaban J connectivity index is 1.32. The summed E-state index contributed by atoms with van der Waals surface area (Å²) in [5, 5.41) is 21.1. The van der Waals surface area contributed by atoms with Crippen LogP contribution in [0.2, 0.25) is 0 Å². The Hall–Kier alpha value is -3.66. The van der Waals surface area contributed by atoms with E-state index >= 15 is 0 Å². The number of nitrogens with zero attached hydrogens (tertiary/aromatic N) is 7. The molecule has 0 unspecified atom stereocenters. The molecular weight excluding hydrogens is 401 g/mol. The van der Waals surface area contributed by atoms with Gasteiger partial charge in [0.2, 0.25) is 5.88 Å². The zero-order valence-corrected chi connectivity index (χ0v) is 17.1. The summed E-state index contributed by atoms with van der Waals surface area (Å²) >= 11 is 0. The lowest BCUT2D eigenvalue weighted by molar-refractivity contribution is 0.265. The SMILES string of the molecule is Cc1onc(-c2ccc(F)cc2)c1COc1ccc(-c2nnc3n2CCN(C)C3)nn1. The van der Waals surface area contributed by atoms with Crippen LogP contribution < -0.4 is 4.74 Å². The highest BCUT2D eigenvalue weighted by Gasteiger charge is 2.21. The minimum Gasteiger partial charge on any atom is -0.472 e. The number of rotatable bonds is 5. The maximum atomic E-state index is 13.2. The Morgan fingerprint density at radius 1 is 1.03 bits per heavy atom. The van der Waals surface area contributed by atoms with E-state index in [2.05, 4.69) is 42.1 Å². The Labute approximate surface area is 177 Å². The molecule has 0 bridgehead atoms. The van der Waals surface area contributed by atoms with Crippen LogP contribution >= 0.6 is 0 Å². The summed E-state index contributed by atoms with van der Waals surface area (Å²) in [6, 6.07) is 9.65. The minimum atomic E-state index is -0.307. The number of halogens is 1. The van der Waals surface area contributed by atoms with Crippen molar-refractivity contribution in [2.45, 2.75) is 26.6 Å². The van der Waals surface area contributed by atoms with Crippen LogP contribution in [-0.4, -0.2) is 48.6 Å². The van der Waals surface area contributed by atoms with Crippen molar-refractivity contribution in [3.8, 4) is 28.7 Å². The number of aryl methyl sites for hydroxylation is 1. The quantitative estimate of drug-likeness (QED) is 0.486. The Morgan fingerprint density at radius 2 is 1.87 bits per heavy atom. The zero-order valence-electron chi connectivity index (χ0n) is 17.1. The van der Waals surface area contributed by atoms with Gasteiger partial charge in [-0.2, -0.15) is 0 Å². The molecule has 1 aliphatic rings. The molecule has 1 aliphatic heterocycles. The molecule has 0 atom stereocenters. The van der Waals surface area contributed by atoms with Gasteiger partial charge in [-0.05, 0) is 44.3 Å². The first kappa shape index (κ1) is 19.3. The van der Waals surface area contributed by atoms with Gasteiger partial charge in [-0.3, -0.25) is 4.90 Å². The molecule has 0 fully saturated rings. The van der Waals surface area contributed by atoms with Crippen molar-refractivity contribution in [1.29, 1.82) is 0 Å². The number of fused-ring (bicyclic) bond motifs is 1. The summed E-state index contributed by atoms with van der Waals surface area (Å²) in [5.74, 6) is 2.31. The third-order valence-corrected chi connectivity index (χ3v) is 5.28. The molecular formula is C21H20FN7O2. The normalized spacial score (nSPS) is 13.9. The molecule has 158 valence electrons. The molecule has 31 heavy (non-hydrogen) atoms. The maximum Gasteiger partial charge on any atom is 0.233 e. The van der Waals surface area contributed by atoms with Gasteiger partial charge in [0.15, 0.2) is 5.82 Å². The van der Waals surface area contributed by atoms with Gasteiger partial charge in [0.05, 0.1) is 12.1 Å². The summed E-state index contributed by atoms with van der Waals surface area (Å²) in [5.41, 5.74) is 2.78. The van der Waals surface area contributed by atoms with Crippen molar-refractivity contribution in [2.75, 3.05) is 13.6 Å².